The van der Waals surface area contributed by atoms with Gasteiger partial charge in [-0.15, -0.1) is 0 Å². The topological polar surface area (TPSA) is 50.4 Å². The SMILES string of the molecule is Cc1c(CC2(C(=O)O)CC2)oc2ccccc12. The summed E-state index contributed by atoms with van der Waals surface area (Å²) in [6.45, 7) is 2.00. The molecule has 0 unspecified atom stereocenters. The third-order valence-corrected chi connectivity index (χ3v) is 3.75. The molecule has 3 rings (SSSR count). The van der Waals surface area contributed by atoms with Gasteiger partial charge in [0, 0.05) is 11.8 Å². The number of benzene rings is 1. The molecule has 1 aromatic carbocycles. The molecule has 3 nitrogen and oxygen atoms in total. The van der Waals surface area contributed by atoms with E-state index in [0.29, 0.717) is 6.42 Å². The van der Waals surface area contributed by atoms with E-state index in [0.717, 1.165) is 35.1 Å². The van der Waals surface area contributed by atoms with E-state index < -0.39 is 11.4 Å². The van der Waals surface area contributed by atoms with Crippen LogP contribution in [0.3, 0.4) is 0 Å². The number of carbonyl (C=O) groups is 1. The number of furan rings is 1. The summed E-state index contributed by atoms with van der Waals surface area (Å²) in [6.07, 6.45) is 2.04. The third kappa shape index (κ3) is 1.54. The molecule has 0 amide bonds. The highest BCUT2D eigenvalue weighted by molar-refractivity contribution is 5.83. The molecule has 88 valence electrons. The lowest BCUT2D eigenvalue weighted by Crippen LogP contribution is -2.17. The van der Waals surface area contributed by atoms with Crippen molar-refractivity contribution < 1.29 is 14.3 Å². The van der Waals surface area contributed by atoms with E-state index in [4.69, 9.17) is 4.42 Å². The van der Waals surface area contributed by atoms with Crippen molar-refractivity contribution in [1.82, 2.24) is 0 Å². The maximum absolute atomic E-state index is 11.2. The molecule has 1 fully saturated rings. The average Bonchev–Trinajstić information content (AvgIpc) is 3.03. The number of aryl methyl sites for hydroxylation is 1. The van der Waals surface area contributed by atoms with Crippen molar-refractivity contribution in [2.24, 2.45) is 5.41 Å². The van der Waals surface area contributed by atoms with E-state index in [9.17, 15) is 9.90 Å². The highest BCUT2D eigenvalue weighted by Gasteiger charge is 2.51. The first-order valence-corrected chi connectivity index (χ1v) is 5.83. The molecule has 0 spiro atoms. The van der Waals surface area contributed by atoms with E-state index in [2.05, 4.69) is 0 Å². The Morgan fingerprint density at radius 1 is 1.41 bits per heavy atom. The minimum absolute atomic E-state index is 0.517. The molecule has 1 saturated carbocycles. The summed E-state index contributed by atoms with van der Waals surface area (Å²) >= 11 is 0. The lowest BCUT2D eigenvalue weighted by molar-refractivity contribution is -0.143. The molecule has 1 aliphatic carbocycles. The van der Waals surface area contributed by atoms with Crippen LogP contribution in [-0.2, 0) is 11.2 Å². The molecule has 1 aromatic heterocycles. The maximum Gasteiger partial charge on any atom is 0.310 e. The van der Waals surface area contributed by atoms with E-state index in [1.165, 1.54) is 0 Å². The fraction of sp³-hybridized carbons (Fsp3) is 0.357. The minimum Gasteiger partial charge on any atom is -0.481 e. The Bertz CT molecular complexity index is 591. The Morgan fingerprint density at radius 2 is 2.12 bits per heavy atom. The van der Waals surface area contributed by atoms with Gasteiger partial charge in [0.25, 0.3) is 0 Å². The van der Waals surface area contributed by atoms with Crippen LogP contribution >= 0.6 is 0 Å². The van der Waals surface area contributed by atoms with E-state index in [1.807, 2.05) is 31.2 Å². The Labute approximate surface area is 99.0 Å². The largest absolute Gasteiger partial charge is 0.481 e. The summed E-state index contributed by atoms with van der Waals surface area (Å²) in [5.74, 6) is 0.128. The molecule has 2 aromatic rings. The molecule has 0 radical (unpaired) electrons. The number of hydrogen-bond acceptors (Lipinski definition) is 2. The smallest absolute Gasteiger partial charge is 0.310 e. The van der Waals surface area contributed by atoms with Crippen LogP contribution in [0.5, 0.6) is 0 Å². The number of rotatable bonds is 3. The van der Waals surface area contributed by atoms with Gasteiger partial charge in [-0.1, -0.05) is 18.2 Å². The normalized spacial score (nSPS) is 17.2. The number of carboxylic acids is 1. The first kappa shape index (κ1) is 10.4. The van der Waals surface area contributed by atoms with Crippen molar-refractivity contribution in [3.05, 3.63) is 35.6 Å². The molecule has 0 saturated heterocycles. The van der Waals surface area contributed by atoms with Gasteiger partial charge in [-0.3, -0.25) is 4.79 Å². The van der Waals surface area contributed by atoms with Gasteiger partial charge in [-0.25, -0.2) is 0 Å². The molecule has 1 aliphatic rings. The zero-order valence-corrected chi connectivity index (χ0v) is 9.69. The predicted octanol–water partition coefficient (Wildman–Crippen LogP) is 3.15. The molecule has 0 bridgehead atoms. The molecule has 0 atom stereocenters. The molecule has 1 heterocycles. The van der Waals surface area contributed by atoms with Gasteiger partial charge in [0.15, 0.2) is 0 Å². The second-order valence-corrected chi connectivity index (χ2v) is 4.91. The minimum atomic E-state index is -0.697. The van der Waals surface area contributed by atoms with Gasteiger partial charge in [-0.05, 0) is 31.4 Å². The fourth-order valence-corrected chi connectivity index (χ4v) is 2.32. The van der Waals surface area contributed by atoms with Gasteiger partial charge in [0.05, 0.1) is 5.41 Å². The van der Waals surface area contributed by atoms with Crippen molar-refractivity contribution in [3.8, 4) is 0 Å². The van der Waals surface area contributed by atoms with E-state index >= 15 is 0 Å². The summed E-state index contributed by atoms with van der Waals surface area (Å²) in [6, 6.07) is 7.84. The van der Waals surface area contributed by atoms with Crippen LogP contribution in [0.15, 0.2) is 28.7 Å². The highest BCUT2D eigenvalue weighted by Crippen LogP contribution is 2.49. The average molecular weight is 230 g/mol. The lowest BCUT2D eigenvalue weighted by atomic mass is 9.98. The summed E-state index contributed by atoms with van der Waals surface area (Å²) in [4.78, 5) is 11.2. The van der Waals surface area contributed by atoms with Gasteiger partial charge in [0.1, 0.15) is 11.3 Å². The Hall–Kier alpha value is -1.77. The third-order valence-electron chi connectivity index (χ3n) is 3.75. The van der Waals surface area contributed by atoms with Crippen molar-refractivity contribution in [1.29, 1.82) is 0 Å². The van der Waals surface area contributed by atoms with Gasteiger partial charge >= 0.3 is 5.97 Å². The zero-order chi connectivity index (χ0) is 12.0. The van der Waals surface area contributed by atoms with Gasteiger partial charge in [0.2, 0.25) is 0 Å². The second kappa shape index (κ2) is 3.36. The Morgan fingerprint density at radius 3 is 2.71 bits per heavy atom. The first-order chi connectivity index (χ1) is 8.12. The van der Waals surface area contributed by atoms with Crippen molar-refractivity contribution in [2.75, 3.05) is 0 Å². The molecular weight excluding hydrogens is 216 g/mol. The molecule has 3 heteroatoms. The molecule has 17 heavy (non-hydrogen) atoms. The first-order valence-electron chi connectivity index (χ1n) is 5.83. The number of aliphatic carboxylic acids is 1. The Balaban J connectivity index is 2.01. The number of carboxylic acid groups (broad SMARTS) is 1. The summed E-state index contributed by atoms with van der Waals surface area (Å²) in [5, 5.41) is 10.3. The van der Waals surface area contributed by atoms with Gasteiger partial charge in [-0.2, -0.15) is 0 Å². The van der Waals surface area contributed by atoms with Gasteiger partial charge < -0.3 is 9.52 Å². The summed E-state index contributed by atoms with van der Waals surface area (Å²) in [5.41, 5.74) is 1.37. The lowest BCUT2D eigenvalue weighted by Gasteiger charge is -2.07. The van der Waals surface area contributed by atoms with Crippen molar-refractivity contribution >= 4 is 16.9 Å². The monoisotopic (exact) mass is 230 g/mol. The number of fused-ring (bicyclic) bond motifs is 1. The summed E-state index contributed by atoms with van der Waals surface area (Å²) in [7, 11) is 0. The van der Waals surface area contributed by atoms with Crippen LogP contribution in [0.25, 0.3) is 11.0 Å². The van der Waals surface area contributed by atoms with Crippen LogP contribution in [0.4, 0.5) is 0 Å². The van der Waals surface area contributed by atoms with E-state index in [1.54, 1.807) is 0 Å². The van der Waals surface area contributed by atoms with Crippen molar-refractivity contribution in [3.63, 3.8) is 0 Å². The fourth-order valence-electron chi connectivity index (χ4n) is 2.32. The van der Waals surface area contributed by atoms with Crippen LogP contribution in [0.2, 0.25) is 0 Å². The molecule has 1 N–H and O–H groups in total. The number of para-hydroxylation sites is 1. The summed E-state index contributed by atoms with van der Waals surface area (Å²) < 4.78 is 5.76. The Kier molecular flexibility index (Phi) is 2.05. The second-order valence-electron chi connectivity index (χ2n) is 4.91. The van der Waals surface area contributed by atoms with Crippen molar-refractivity contribution in [2.45, 2.75) is 26.2 Å². The predicted molar refractivity (Wildman–Crippen MR) is 64.0 cm³/mol. The van der Waals surface area contributed by atoms with Crippen LogP contribution in [-0.4, -0.2) is 11.1 Å². The zero-order valence-electron chi connectivity index (χ0n) is 9.69. The standard InChI is InChI=1S/C14H14O3/c1-9-10-4-2-3-5-11(10)17-12(9)8-14(6-7-14)13(15)16/h2-5H,6-8H2,1H3,(H,15,16). The highest BCUT2D eigenvalue weighted by atomic mass is 16.4. The quantitative estimate of drug-likeness (QED) is 0.881. The van der Waals surface area contributed by atoms with E-state index in [-0.39, 0.29) is 0 Å². The van der Waals surface area contributed by atoms with Crippen LogP contribution in [0.1, 0.15) is 24.2 Å². The maximum atomic E-state index is 11.2. The number of hydrogen-bond donors (Lipinski definition) is 1. The van der Waals surface area contributed by atoms with Crippen LogP contribution in [0, 0.1) is 12.3 Å². The molecular formula is C14H14O3. The molecule has 0 aliphatic heterocycles. The van der Waals surface area contributed by atoms with Crippen LogP contribution < -0.4 is 0 Å².